The number of benzene rings is 1. The highest BCUT2D eigenvalue weighted by Gasteiger charge is 2.44. The standard InChI is InChI=1S/C27H40N2O8/c1-26(2,3)36-23(31)21-16-14-19(29(21)25(33)37-27(4,5)6)13-15-20(22(30)34-7)28-24(32)35-17-18-11-9-8-10-12-18/h8-12,19-21H,13-17H2,1-7H3,(H,28,32)/t19-,20+,21+/m1/s1. The fourth-order valence-corrected chi connectivity index (χ4v) is 4.02. The van der Waals surface area contributed by atoms with Crippen LogP contribution in [-0.2, 0) is 35.1 Å². The van der Waals surface area contributed by atoms with Crippen molar-refractivity contribution in [1.29, 1.82) is 0 Å². The molecule has 0 aromatic heterocycles. The van der Waals surface area contributed by atoms with Crippen LogP contribution in [0.2, 0.25) is 0 Å². The number of hydrogen-bond donors (Lipinski definition) is 1. The smallest absolute Gasteiger partial charge is 0.411 e. The van der Waals surface area contributed by atoms with Crippen molar-refractivity contribution >= 4 is 24.1 Å². The first-order valence-electron chi connectivity index (χ1n) is 12.5. The number of nitrogens with zero attached hydrogens (tertiary/aromatic N) is 1. The van der Waals surface area contributed by atoms with Crippen LogP contribution in [0.3, 0.4) is 0 Å². The minimum Gasteiger partial charge on any atom is -0.467 e. The number of hydrogen-bond acceptors (Lipinski definition) is 8. The Morgan fingerprint density at radius 3 is 2.16 bits per heavy atom. The summed E-state index contributed by atoms with van der Waals surface area (Å²) in [5.41, 5.74) is -0.671. The van der Waals surface area contributed by atoms with Crippen LogP contribution in [0.1, 0.15) is 72.8 Å². The fraction of sp³-hybridized carbons (Fsp3) is 0.630. The molecule has 3 atom stereocenters. The van der Waals surface area contributed by atoms with Crippen LogP contribution in [0.25, 0.3) is 0 Å². The van der Waals surface area contributed by atoms with Gasteiger partial charge in [0.1, 0.15) is 29.9 Å². The lowest BCUT2D eigenvalue weighted by molar-refractivity contribution is -0.160. The van der Waals surface area contributed by atoms with E-state index in [9.17, 15) is 19.2 Å². The molecule has 10 heteroatoms. The molecule has 1 fully saturated rings. The number of amides is 2. The maximum absolute atomic E-state index is 13.1. The monoisotopic (exact) mass is 520 g/mol. The molecule has 2 rings (SSSR count). The molecular weight excluding hydrogens is 480 g/mol. The third-order valence-corrected chi connectivity index (χ3v) is 5.56. The molecular formula is C27H40N2O8. The van der Waals surface area contributed by atoms with Gasteiger partial charge in [-0.05, 0) is 72.8 Å². The Balaban J connectivity index is 2.09. The number of methoxy groups -OCH3 is 1. The zero-order valence-corrected chi connectivity index (χ0v) is 22.9. The molecule has 0 spiro atoms. The first kappa shape index (κ1) is 29.9. The van der Waals surface area contributed by atoms with Gasteiger partial charge in [0.15, 0.2) is 0 Å². The van der Waals surface area contributed by atoms with E-state index in [1.165, 1.54) is 12.0 Å². The second-order valence-electron chi connectivity index (χ2n) is 11.0. The van der Waals surface area contributed by atoms with Crippen LogP contribution in [-0.4, -0.2) is 65.5 Å². The fourth-order valence-electron chi connectivity index (χ4n) is 4.02. The van der Waals surface area contributed by atoms with Gasteiger partial charge >= 0.3 is 24.1 Å². The zero-order chi connectivity index (χ0) is 27.8. The number of esters is 2. The number of carbonyl (C=O) groups is 4. The number of rotatable bonds is 8. The lowest BCUT2D eigenvalue weighted by Crippen LogP contribution is -2.49. The molecule has 0 radical (unpaired) electrons. The average Bonchev–Trinajstić information content (AvgIpc) is 3.23. The predicted octanol–water partition coefficient (Wildman–Crippen LogP) is 4.34. The molecule has 1 aliphatic heterocycles. The van der Waals surface area contributed by atoms with Crippen molar-refractivity contribution in [3.63, 3.8) is 0 Å². The summed E-state index contributed by atoms with van der Waals surface area (Å²) in [4.78, 5) is 52.1. The summed E-state index contributed by atoms with van der Waals surface area (Å²) in [6.07, 6.45) is -0.00362. The molecule has 0 saturated carbocycles. The average molecular weight is 521 g/mol. The molecule has 1 saturated heterocycles. The van der Waals surface area contributed by atoms with Crippen LogP contribution in [0.5, 0.6) is 0 Å². The Labute approximate surface area is 218 Å². The summed E-state index contributed by atoms with van der Waals surface area (Å²) in [5, 5.41) is 2.55. The van der Waals surface area contributed by atoms with E-state index < -0.39 is 53.5 Å². The van der Waals surface area contributed by atoms with Crippen LogP contribution in [0, 0.1) is 0 Å². The van der Waals surface area contributed by atoms with Gasteiger partial charge < -0.3 is 24.3 Å². The highest BCUT2D eigenvalue weighted by Crippen LogP contribution is 2.31. The van der Waals surface area contributed by atoms with E-state index in [-0.39, 0.29) is 13.0 Å². The van der Waals surface area contributed by atoms with E-state index in [1.807, 2.05) is 30.3 Å². The van der Waals surface area contributed by atoms with E-state index in [0.29, 0.717) is 19.3 Å². The van der Waals surface area contributed by atoms with Gasteiger partial charge in [0, 0.05) is 6.04 Å². The second kappa shape index (κ2) is 12.8. The Morgan fingerprint density at radius 2 is 1.59 bits per heavy atom. The van der Waals surface area contributed by atoms with Gasteiger partial charge in [-0.25, -0.2) is 19.2 Å². The molecule has 1 heterocycles. The summed E-state index contributed by atoms with van der Waals surface area (Å²) < 4.78 is 21.2. The van der Waals surface area contributed by atoms with Crippen molar-refractivity contribution in [2.24, 2.45) is 0 Å². The lowest BCUT2D eigenvalue weighted by Gasteiger charge is -2.33. The Bertz CT molecular complexity index is 936. The van der Waals surface area contributed by atoms with Crippen molar-refractivity contribution in [1.82, 2.24) is 10.2 Å². The van der Waals surface area contributed by atoms with Crippen LogP contribution < -0.4 is 5.32 Å². The van der Waals surface area contributed by atoms with E-state index in [2.05, 4.69) is 5.32 Å². The molecule has 1 aromatic carbocycles. The first-order valence-corrected chi connectivity index (χ1v) is 12.5. The van der Waals surface area contributed by atoms with Gasteiger partial charge in [-0.15, -0.1) is 0 Å². The predicted molar refractivity (Wildman–Crippen MR) is 136 cm³/mol. The van der Waals surface area contributed by atoms with Gasteiger partial charge in [0.05, 0.1) is 7.11 Å². The van der Waals surface area contributed by atoms with Crippen molar-refractivity contribution in [2.45, 2.75) is 103 Å². The second-order valence-corrected chi connectivity index (χ2v) is 11.0. The van der Waals surface area contributed by atoms with E-state index >= 15 is 0 Å². The molecule has 37 heavy (non-hydrogen) atoms. The third-order valence-electron chi connectivity index (χ3n) is 5.56. The highest BCUT2D eigenvalue weighted by atomic mass is 16.6. The number of likely N-dealkylation sites (tertiary alicyclic amines) is 1. The molecule has 206 valence electrons. The molecule has 2 amide bonds. The van der Waals surface area contributed by atoms with E-state index in [1.54, 1.807) is 41.5 Å². The van der Waals surface area contributed by atoms with Crippen molar-refractivity contribution in [3.05, 3.63) is 35.9 Å². The minimum absolute atomic E-state index is 0.0488. The van der Waals surface area contributed by atoms with Gasteiger partial charge in [-0.3, -0.25) is 4.90 Å². The largest absolute Gasteiger partial charge is 0.467 e. The summed E-state index contributed by atoms with van der Waals surface area (Å²) in [6, 6.07) is 6.95. The van der Waals surface area contributed by atoms with Gasteiger partial charge in [0.25, 0.3) is 0 Å². The van der Waals surface area contributed by atoms with Crippen LogP contribution in [0.15, 0.2) is 30.3 Å². The Hall–Kier alpha value is -3.30. The molecule has 0 bridgehead atoms. The Kier molecular flexibility index (Phi) is 10.3. The van der Waals surface area contributed by atoms with E-state index in [4.69, 9.17) is 18.9 Å². The third kappa shape index (κ3) is 9.93. The van der Waals surface area contributed by atoms with Crippen LogP contribution >= 0.6 is 0 Å². The van der Waals surface area contributed by atoms with Crippen molar-refractivity contribution < 1.29 is 38.1 Å². The molecule has 1 aromatic rings. The topological polar surface area (TPSA) is 120 Å². The molecule has 0 aliphatic carbocycles. The highest BCUT2D eigenvalue weighted by molar-refractivity contribution is 5.83. The summed E-state index contributed by atoms with van der Waals surface area (Å²) in [5.74, 6) is -1.14. The number of carbonyl (C=O) groups excluding carboxylic acids is 4. The SMILES string of the molecule is COC(=O)[C@H](CC[C@@H]1CC[C@@H](C(=O)OC(C)(C)C)N1C(=O)OC(C)(C)C)NC(=O)OCc1ccccc1. The first-order chi connectivity index (χ1) is 17.2. The molecule has 10 nitrogen and oxygen atoms in total. The minimum atomic E-state index is -0.991. The molecule has 0 unspecified atom stereocenters. The van der Waals surface area contributed by atoms with E-state index in [0.717, 1.165) is 5.56 Å². The lowest BCUT2D eigenvalue weighted by atomic mass is 10.0. The zero-order valence-electron chi connectivity index (χ0n) is 22.9. The quantitative estimate of drug-likeness (QED) is 0.397. The number of alkyl carbamates (subject to hydrolysis) is 1. The summed E-state index contributed by atoms with van der Waals surface area (Å²) >= 11 is 0. The maximum atomic E-state index is 13.1. The summed E-state index contributed by atoms with van der Waals surface area (Å²) in [7, 11) is 1.23. The van der Waals surface area contributed by atoms with Gasteiger partial charge in [-0.1, -0.05) is 30.3 Å². The van der Waals surface area contributed by atoms with Gasteiger partial charge in [-0.2, -0.15) is 0 Å². The normalized spacial score (nSPS) is 18.5. The van der Waals surface area contributed by atoms with Crippen LogP contribution in [0.4, 0.5) is 9.59 Å². The van der Waals surface area contributed by atoms with Crippen molar-refractivity contribution in [2.75, 3.05) is 7.11 Å². The molecule has 1 N–H and O–H groups in total. The molecule has 1 aliphatic rings. The maximum Gasteiger partial charge on any atom is 0.411 e. The Morgan fingerprint density at radius 1 is 0.973 bits per heavy atom. The van der Waals surface area contributed by atoms with Crippen molar-refractivity contribution in [3.8, 4) is 0 Å². The number of nitrogens with one attached hydrogen (secondary N) is 1. The number of ether oxygens (including phenoxy) is 4. The van der Waals surface area contributed by atoms with Gasteiger partial charge in [0.2, 0.25) is 0 Å². The summed E-state index contributed by atoms with van der Waals surface area (Å²) in [6.45, 7) is 10.6.